The molecule has 0 bridgehead atoms. The molecule has 10 heteroatoms. The maximum absolute atomic E-state index is 14.4. The molecule has 2 amide bonds. The minimum atomic E-state index is -1.04. The summed E-state index contributed by atoms with van der Waals surface area (Å²) in [5.41, 5.74) is 0.913. The maximum Gasteiger partial charge on any atom is 0.411 e. The summed E-state index contributed by atoms with van der Waals surface area (Å²) in [5, 5.41) is 8.87. The van der Waals surface area contributed by atoms with E-state index in [1.807, 2.05) is 30.3 Å². The Morgan fingerprint density at radius 3 is 2.48 bits per heavy atom. The summed E-state index contributed by atoms with van der Waals surface area (Å²) >= 11 is 6.69. The number of pyridine rings is 1. The van der Waals surface area contributed by atoms with Gasteiger partial charge in [-0.3, -0.25) is 19.1 Å². The lowest BCUT2D eigenvalue weighted by molar-refractivity contribution is -0.131. The van der Waals surface area contributed by atoms with Gasteiger partial charge in [0.05, 0.1) is 17.1 Å². The molecular formula is C32H35ClN4O5. The highest BCUT2D eigenvalue weighted by atomic mass is 35.5. The van der Waals surface area contributed by atoms with E-state index in [0.717, 1.165) is 30.4 Å². The van der Waals surface area contributed by atoms with Crippen molar-refractivity contribution in [2.75, 3.05) is 0 Å². The molecular weight excluding hydrogens is 556 g/mol. The predicted octanol–water partition coefficient (Wildman–Crippen LogP) is 6.20. The average Bonchev–Trinajstić information content (AvgIpc) is 3.33. The normalized spacial score (nSPS) is 18.6. The lowest BCUT2D eigenvalue weighted by atomic mass is 9.86. The highest BCUT2D eigenvalue weighted by Gasteiger charge is 2.43. The Morgan fingerprint density at radius 1 is 1.05 bits per heavy atom. The fraction of sp³-hybridized carbons (Fsp3) is 0.438. The fourth-order valence-corrected chi connectivity index (χ4v) is 6.76. The molecule has 4 aromatic rings. The maximum atomic E-state index is 14.4. The van der Waals surface area contributed by atoms with E-state index >= 15 is 0 Å². The Hall–Kier alpha value is -3.85. The summed E-state index contributed by atoms with van der Waals surface area (Å²) in [4.78, 5) is 43.6. The largest absolute Gasteiger partial charge is 0.444 e. The first-order chi connectivity index (χ1) is 20.0. The first-order valence-corrected chi connectivity index (χ1v) is 14.8. The number of aromatic nitrogens is 2. The fourth-order valence-electron chi connectivity index (χ4n) is 6.50. The number of rotatable bonds is 3. The van der Waals surface area contributed by atoms with Gasteiger partial charge in [-0.15, -0.1) is 0 Å². The summed E-state index contributed by atoms with van der Waals surface area (Å²) < 4.78 is 12.9. The van der Waals surface area contributed by atoms with E-state index in [0.29, 0.717) is 51.9 Å². The van der Waals surface area contributed by atoms with Crippen LogP contribution in [0.2, 0.25) is 5.02 Å². The molecule has 1 saturated carbocycles. The van der Waals surface area contributed by atoms with E-state index in [4.69, 9.17) is 20.9 Å². The summed E-state index contributed by atoms with van der Waals surface area (Å²) in [6.07, 6.45) is 3.50. The van der Waals surface area contributed by atoms with Crippen LogP contribution in [0.15, 0.2) is 51.8 Å². The number of hydrogen-bond donors (Lipinski definition) is 1. The van der Waals surface area contributed by atoms with Gasteiger partial charge in [0.2, 0.25) is 5.91 Å². The molecule has 42 heavy (non-hydrogen) atoms. The molecule has 0 saturated heterocycles. The lowest BCUT2D eigenvalue weighted by Gasteiger charge is -2.43. The van der Waals surface area contributed by atoms with Crippen LogP contribution in [0, 0.1) is 6.92 Å². The molecule has 2 aromatic carbocycles. The van der Waals surface area contributed by atoms with Crippen molar-refractivity contribution in [3.05, 3.63) is 74.7 Å². The molecule has 3 heterocycles. The zero-order valence-corrected chi connectivity index (χ0v) is 25.1. The first kappa shape index (κ1) is 28.3. The van der Waals surface area contributed by atoms with Crippen LogP contribution < -0.4 is 10.9 Å². The van der Waals surface area contributed by atoms with E-state index in [9.17, 15) is 14.4 Å². The number of nitrogens with zero attached hydrogens (tertiary/aromatic N) is 3. The van der Waals surface area contributed by atoms with Gasteiger partial charge in [0.1, 0.15) is 34.0 Å². The van der Waals surface area contributed by atoms with E-state index in [2.05, 4.69) is 10.5 Å². The van der Waals surface area contributed by atoms with Gasteiger partial charge in [0.15, 0.2) is 0 Å². The van der Waals surface area contributed by atoms with Crippen LogP contribution >= 0.6 is 11.6 Å². The molecule has 0 radical (unpaired) electrons. The van der Waals surface area contributed by atoms with Gasteiger partial charge in [0.25, 0.3) is 5.56 Å². The zero-order valence-electron chi connectivity index (χ0n) is 24.3. The van der Waals surface area contributed by atoms with Crippen molar-refractivity contribution < 1.29 is 18.8 Å². The Labute approximate surface area is 248 Å². The second-order valence-corrected chi connectivity index (χ2v) is 12.8. The van der Waals surface area contributed by atoms with E-state index in [-0.39, 0.29) is 18.0 Å². The van der Waals surface area contributed by atoms with Gasteiger partial charge in [-0.1, -0.05) is 53.5 Å². The summed E-state index contributed by atoms with van der Waals surface area (Å²) in [6.45, 7) is 7.37. The summed E-state index contributed by atoms with van der Waals surface area (Å²) in [5.74, 6) is 0.0596. The van der Waals surface area contributed by atoms with Crippen molar-refractivity contribution in [2.24, 2.45) is 0 Å². The van der Waals surface area contributed by atoms with Crippen molar-refractivity contribution in [2.45, 2.75) is 90.1 Å². The van der Waals surface area contributed by atoms with E-state index in [1.165, 1.54) is 4.90 Å². The Bertz CT molecular complexity index is 1760. The number of benzene rings is 2. The number of carbonyl (C=O) groups excluding carboxylic acids is 2. The number of nitrogens with one attached hydrogen (secondary N) is 1. The van der Waals surface area contributed by atoms with Crippen molar-refractivity contribution in [3.8, 4) is 0 Å². The highest BCUT2D eigenvalue weighted by Crippen LogP contribution is 2.38. The zero-order chi connectivity index (χ0) is 29.8. The van der Waals surface area contributed by atoms with Gasteiger partial charge in [-0.05, 0) is 76.6 Å². The minimum Gasteiger partial charge on any atom is -0.444 e. The van der Waals surface area contributed by atoms with E-state index < -0.39 is 23.4 Å². The molecule has 1 unspecified atom stereocenters. The molecule has 220 valence electrons. The molecule has 1 atom stereocenters. The molecule has 0 spiro atoms. The van der Waals surface area contributed by atoms with Crippen molar-refractivity contribution in [1.82, 2.24) is 19.9 Å². The third-order valence-electron chi connectivity index (χ3n) is 8.39. The molecule has 1 aliphatic heterocycles. The molecule has 2 aromatic heterocycles. The van der Waals surface area contributed by atoms with Gasteiger partial charge < -0.3 is 14.6 Å². The Morgan fingerprint density at radius 2 is 1.76 bits per heavy atom. The SMILES string of the molecule is Cc1onc2c1c(=O)n(C1(NC(=O)C3Cc4ccccc4CN3C(=O)OC(C)(C)C)CCCCC1)c1cccc(Cl)c21. The van der Waals surface area contributed by atoms with Crippen LogP contribution in [0.3, 0.4) is 0 Å². The number of amides is 2. The molecule has 1 aliphatic carbocycles. The summed E-state index contributed by atoms with van der Waals surface area (Å²) in [6, 6.07) is 12.4. The van der Waals surface area contributed by atoms with Gasteiger partial charge in [-0.2, -0.15) is 0 Å². The highest BCUT2D eigenvalue weighted by molar-refractivity contribution is 6.37. The second kappa shape index (κ2) is 10.5. The smallest absolute Gasteiger partial charge is 0.411 e. The van der Waals surface area contributed by atoms with Crippen LogP contribution in [-0.4, -0.2) is 38.3 Å². The molecule has 1 N–H and O–H groups in total. The van der Waals surface area contributed by atoms with Gasteiger partial charge in [-0.25, -0.2) is 4.79 Å². The third-order valence-corrected chi connectivity index (χ3v) is 8.71. The monoisotopic (exact) mass is 590 g/mol. The second-order valence-electron chi connectivity index (χ2n) is 12.4. The molecule has 9 nitrogen and oxygen atoms in total. The first-order valence-electron chi connectivity index (χ1n) is 14.5. The van der Waals surface area contributed by atoms with E-state index in [1.54, 1.807) is 44.4 Å². The Kier molecular flexibility index (Phi) is 7.04. The third kappa shape index (κ3) is 4.83. The quantitative estimate of drug-likeness (QED) is 0.304. The number of carbonyl (C=O) groups is 2. The Balaban J connectivity index is 1.48. The van der Waals surface area contributed by atoms with Crippen molar-refractivity contribution in [1.29, 1.82) is 0 Å². The summed E-state index contributed by atoms with van der Waals surface area (Å²) in [7, 11) is 0. The average molecular weight is 591 g/mol. The number of aryl methyl sites for hydroxylation is 1. The van der Waals surface area contributed by atoms with Crippen LogP contribution in [0.4, 0.5) is 4.79 Å². The predicted molar refractivity (Wildman–Crippen MR) is 160 cm³/mol. The van der Waals surface area contributed by atoms with Crippen LogP contribution in [0.25, 0.3) is 21.8 Å². The molecule has 2 aliphatic rings. The molecule has 1 fully saturated rings. The number of hydrogen-bond acceptors (Lipinski definition) is 6. The topological polar surface area (TPSA) is 107 Å². The number of fused-ring (bicyclic) bond motifs is 4. The van der Waals surface area contributed by atoms with Crippen LogP contribution in [0.5, 0.6) is 0 Å². The van der Waals surface area contributed by atoms with Crippen LogP contribution in [0.1, 0.15) is 69.8 Å². The number of ether oxygens (including phenoxy) is 1. The standard InChI is InChI=1S/C32H35ClN4O5/c1-19-25-27(35-42-19)26-22(33)13-10-14-23(26)37(29(25)39)32(15-8-5-9-16-32)34-28(38)24-17-20-11-6-7-12-21(20)18-36(24)30(40)41-31(2,3)4/h6-7,10-14,24H,5,8-9,15-18H2,1-4H3,(H,34,38). The molecule has 6 rings (SSSR count). The van der Waals surface area contributed by atoms with Crippen molar-refractivity contribution in [3.63, 3.8) is 0 Å². The lowest BCUT2D eigenvalue weighted by Crippen LogP contribution is -2.61. The van der Waals surface area contributed by atoms with Crippen molar-refractivity contribution >= 4 is 45.4 Å². The van der Waals surface area contributed by atoms with Crippen LogP contribution in [-0.2, 0) is 28.2 Å². The number of halogens is 1. The minimum absolute atomic E-state index is 0.250. The van der Waals surface area contributed by atoms with Gasteiger partial charge in [0, 0.05) is 11.8 Å². The van der Waals surface area contributed by atoms with Gasteiger partial charge >= 0.3 is 6.09 Å².